The topological polar surface area (TPSA) is 54.4 Å². The molecule has 1 aromatic carbocycles. The molecule has 3 nitrogen and oxygen atoms in total. The molecule has 0 fully saturated rings. The minimum Gasteiger partial charge on any atom is -0.505 e. The summed E-state index contributed by atoms with van der Waals surface area (Å²) in [6, 6.07) is 0.915. The highest BCUT2D eigenvalue weighted by atomic mass is 35.7. The number of rotatable bonds is 1. The zero-order chi connectivity index (χ0) is 10.2. The minimum absolute atomic E-state index is 0.386. The highest BCUT2D eigenvalue weighted by molar-refractivity contribution is 8.13. The van der Waals surface area contributed by atoms with Crippen LogP contribution in [-0.2, 0) is 9.05 Å². The molecule has 0 aliphatic carbocycles. The quantitative estimate of drug-likeness (QED) is 0.743. The SMILES string of the molecule is O=S(=O)(Cl)c1cc(O)c(F)c(F)c1. The van der Waals surface area contributed by atoms with E-state index in [-0.39, 0.29) is 0 Å². The number of benzene rings is 1. The Balaban J connectivity index is 3.47. The molecule has 13 heavy (non-hydrogen) atoms. The lowest BCUT2D eigenvalue weighted by molar-refractivity contribution is 0.404. The Morgan fingerprint density at radius 2 is 1.85 bits per heavy atom. The van der Waals surface area contributed by atoms with E-state index in [4.69, 9.17) is 15.8 Å². The van der Waals surface area contributed by atoms with Gasteiger partial charge >= 0.3 is 0 Å². The molecule has 7 heteroatoms. The minimum atomic E-state index is -4.16. The van der Waals surface area contributed by atoms with Gasteiger partial charge in [0, 0.05) is 16.7 Å². The van der Waals surface area contributed by atoms with E-state index >= 15 is 0 Å². The largest absolute Gasteiger partial charge is 0.505 e. The first kappa shape index (κ1) is 10.2. The fourth-order valence-corrected chi connectivity index (χ4v) is 1.46. The van der Waals surface area contributed by atoms with Crippen molar-refractivity contribution in [3.8, 4) is 5.75 Å². The normalized spacial score (nSPS) is 11.6. The van der Waals surface area contributed by atoms with Crippen molar-refractivity contribution in [1.29, 1.82) is 0 Å². The number of hydrogen-bond acceptors (Lipinski definition) is 3. The highest BCUT2D eigenvalue weighted by Gasteiger charge is 2.17. The maximum absolute atomic E-state index is 12.5. The first-order valence-electron chi connectivity index (χ1n) is 2.95. The van der Waals surface area contributed by atoms with Crippen LogP contribution in [0.3, 0.4) is 0 Å². The molecule has 0 spiro atoms. The monoisotopic (exact) mass is 228 g/mol. The molecular formula is C6H3ClF2O3S. The van der Waals surface area contributed by atoms with Crippen molar-refractivity contribution in [2.24, 2.45) is 0 Å². The van der Waals surface area contributed by atoms with E-state index in [0.29, 0.717) is 12.1 Å². The van der Waals surface area contributed by atoms with Crippen LogP contribution in [0.5, 0.6) is 5.75 Å². The predicted octanol–water partition coefficient (Wildman–Crippen LogP) is 1.60. The van der Waals surface area contributed by atoms with E-state index in [1.54, 1.807) is 0 Å². The Morgan fingerprint density at radius 3 is 2.23 bits per heavy atom. The third-order valence-electron chi connectivity index (χ3n) is 1.26. The van der Waals surface area contributed by atoms with E-state index < -0.39 is 31.3 Å². The Hall–Kier alpha value is -0.880. The molecule has 0 radical (unpaired) electrons. The van der Waals surface area contributed by atoms with E-state index in [1.807, 2.05) is 0 Å². The predicted molar refractivity (Wildman–Crippen MR) is 41.1 cm³/mol. The second-order valence-corrected chi connectivity index (χ2v) is 4.74. The van der Waals surface area contributed by atoms with Crippen LogP contribution in [0.15, 0.2) is 17.0 Å². The summed E-state index contributed by atoms with van der Waals surface area (Å²) in [5.74, 6) is -4.08. The number of hydrogen-bond donors (Lipinski definition) is 1. The fourth-order valence-electron chi connectivity index (χ4n) is 0.691. The molecular weight excluding hydrogens is 226 g/mol. The molecule has 0 amide bonds. The molecule has 1 aromatic rings. The Kier molecular flexibility index (Phi) is 2.44. The molecule has 0 saturated heterocycles. The van der Waals surface area contributed by atoms with Crippen LogP contribution in [0.2, 0.25) is 0 Å². The summed E-state index contributed by atoms with van der Waals surface area (Å²) in [6.45, 7) is 0. The molecule has 0 heterocycles. The van der Waals surface area contributed by atoms with Gasteiger partial charge in [-0.05, 0) is 6.07 Å². The van der Waals surface area contributed by atoms with E-state index in [2.05, 4.69) is 0 Å². The maximum Gasteiger partial charge on any atom is 0.261 e. The highest BCUT2D eigenvalue weighted by Crippen LogP contribution is 2.25. The molecule has 1 N–H and O–H groups in total. The van der Waals surface area contributed by atoms with Crippen molar-refractivity contribution in [3.05, 3.63) is 23.8 Å². The number of halogens is 3. The smallest absolute Gasteiger partial charge is 0.261 e. The molecule has 0 unspecified atom stereocenters. The zero-order valence-electron chi connectivity index (χ0n) is 5.96. The lowest BCUT2D eigenvalue weighted by atomic mass is 10.3. The van der Waals surface area contributed by atoms with E-state index in [0.717, 1.165) is 0 Å². The Bertz CT molecular complexity index is 420. The van der Waals surface area contributed by atoms with Crippen LogP contribution < -0.4 is 0 Å². The third kappa shape index (κ3) is 2.07. The molecule has 0 bridgehead atoms. The van der Waals surface area contributed by atoms with Crippen molar-refractivity contribution in [2.75, 3.05) is 0 Å². The van der Waals surface area contributed by atoms with Gasteiger partial charge < -0.3 is 5.11 Å². The first-order chi connectivity index (χ1) is 5.82. The lowest BCUT2D eigenvalue weighted by Gasteiger charge is -1.99. The van der Waals surface area contributed by atoms with Crippen molar-refractivity contribution in [2.45, 2.75) is 4.90 Å². The van der Waals surface area contributed by atoms with Crippen LogP contribution in [-0.4, -0.2) is 13.5 Å². The summed E-state index contributed by atoms with van der Waals surface area (Å²) in [7, 11) is 0.668. The second-order valence-electron chi connectivity index (χ2n) is 2.18. The average molecular weight is 229 g/mol. The number of phenols is 1. The van der Waals surface area contributed by atoms with Crippen LogP contribution in [0, 0.1) is 11.6 Å². The van der Waals surface area contributed by atoms with Gasteiger partial charge in [-0.2, -0.15) is 4.39 Å². The van der Waals surface area contributed by atoms with Gasteiger partial charge in [0.2, 0.25) is 0 Å². The average Bonchev–Trinajstić information content (AvgIpc) is 1.97. The molecule has 1 rings (SSSR count). The van der Waals surface area contributed by atoms with Crippen molar-refractivity contribution in [1.82, 2.24) is 0 Å². The van der Waals surface area contributed by atoms with Gasteiger partial charge in [-0.25, -0.2) is 12.8 Å². The van der Waals surface area contributed by atoms with Gasteiger partial charge in [-0.1, -0.05) is 0 Å². The van der Waals surface area contributed by atoms with Crippen molar-refractivity contribution < 1.29 is 22.3 Å². The van der Waals surface area contributed by atoms with Gasteiger partial charge in [0.15, 0.2) is 17.4 Å². The Labute approximate surface area is 77.0 Å². The van der Waals surface area contributed by atoms with Crippen LogP contribution in [0.4, 0.5) is 8.78 Å². The fraction of sp³-hybridized carbons (Fsp3) is 0. The van der Waals surface area contributed by atoms with Crippen LogP contribution in [0.25, 0.3) is 0 Å². The second kappa shape index (κ2) is 3.12. The molecule has 0 aliphatic heterocycles. The summed E-state index contributed by atoms with van der Waals surface area (Å²) in [5.41, 5.74) is 0. The lowest BCUT2D eigenvalue weighted by Crippen LogP contribution is -1.94. The van der Waals surface area contributed by atoms with E-state index in [1.165, 1.54) is 0 Å². The Morgan fingerprint density at radius 1 is 1.31 bits per heavy atom. The summed E-state index contributed by atoms with van der Waals surface area (Å²) < 4.78 is 46.2. The van der Waals surface area contributed by atoms with Gasteiger partial charge in [0.1, 0.15) is 0 Å². The first-order valence-corrected chi connectivity index (χ1v) is 5.26. The molecule has 0 atom stereocenters. The zero-order valence-corrected chi connectivity index (χ0v) is 7.53. The van der Waals surface area contributed by atoms with Crippen LogP contribution >= 0.6 is 10.7 Å². The third-order valence-corrected chi connectivity index (χ3v) is 2.60. The van der Waals surface area contributed by atoms with Gasteiger partial charge in [-0.3, -0.25) is 0 Å². The van der Waals surface area contributed by atoms with E-state index in [9.17, 15) is 17.2 Å². The summed E-state index contributed by atoms with van der Waals surface area (Å²) in [4.78, 5) is -0.689. The van der Waals surface area contributed by atoms with Crippen LogP contribution in [0.1, 0.15) is 0 Å². The summed E-state index contributed by atoms with van der Waals surface area (Å²) in [5, 5.41) is 8.71. The van der Waals surface area contributed by atoms with Crippen molar-refractivity contribution in [3.63, 3.8) is 0 Å². The molecule has 0 aromatic heterocycles. The summed E-state index contributed by atoms with van der Waals surface area (Å²) >= 11 is 0. The molecule has 0 saturated carbocycles. The standard InChI is InChI=1S/C6H3ClF2O3S/c7-13(11,12)3-1-4(8)6(9)5(10)2-3/h1-2,10H. The molecule has 0 aliphatic rings. The van der Waals surface area contributed by atoms with Crippen molar-refractivity contribution >= 4 is 19.7 Å². The van der Waals surface area contributed by atoms with Gasteiger partial charge in [0.05, 0.1) is 4.90 Å². The maximum atomic E-state index is 12.5. The van der Waals surface area contributed by atoms with Gasteiger partial charge in [-0.15, -0.1) is 0 Å². The number of aromatic hydroxyl groups is 1. The molecule has 72 valence electrons. The summed E-state index contributed by atoms with van der Waals surface area (Å²) in [6.07, 6.45) is 0. The number of phenolic OH excluding ortho intramolecular Hbond substituents is 1. The van der Waals surface area contributed by atoms with Gasteiger partial charge in [0.25, 0.3) is 9.05 Å².